The second-order valence-electron chi connectivity index (χ2n) is 13.5. The van der Waals surface area contributed by atoms with Crippen LogP contribution in [0, 0.1) is 39.4 Å². The number of carbonyl (C=O) groups excluding carboxylic acids is 2. The molecule has 3 N–H and O–H groups in total. The third kappa shape index (κ3) is 11.0. The number of nitrogens with one attached hydrogen (secondary N) is 2. The molecule has 2 amide bonds. The van der Waals surface area contributed by atoms with Crippen LogP contribution < -0.4 is 16.2 Å². The minimum Gasteiger partial charge on any atom is -0.481 e. The van der Waals surface area contributed by atoms with Crippen LogP contribution >= 0.6 is 0 Å². The molecule has 14 heteroatoms. The summed E-state index contributed by atoms with van der Waals surface area (Å²) in [5.74, 6) is -1.88. The number of alkyl halides is 3. The molecule has 0 aliphatic carbocycles. The number of amides is 2. The summed E-state index contributed by atoms with van der Waals surface area (Å²) in [6.45, 7) is 13.3. The maximum Gasteiger partial charge on any atom is 0.431 e. The van der Waals surface area contributed by atoms with Crippen molar-refractivity contribution in [2.45, 2.75) is 79.3 Å². The molecular weight excluding hydrogens is 684 g/mol. The van der Waals surface area contributed by atoms with Gasteiger partial charge < -0.3 is 25.0 Å². The Morgan fingerprint density at radius 2 is 1.65 bits per heavy atom. The lowest BCUT2D eigenvalue weighted by Gasteiger charge is -2.38. The highest BCUT2D eigenvalue weighted by atomic mass is 19.4. The van der Waals surface area contributed by atoms with Gasteiger partial charge in [-0.25, -0.2) is 4.39 Å². The van der Waals surface area contributed by atoms with Crippen LogP contribution in [0.5, 0.6) is 0 Å². The molecule has 2 heterocycles. The molecule has 0 bridgehead atoms. The fourth-order valence-electron chi connectivity index (χ4n) is 6.23. The predicted octanol–water partition coefficient (Wildman–Crippen LogP) is 5.96. The number of carbonyl (C=O) groups is 3. The summed E-state index contributed by atoms with van der Waals surface area (Å²) in [7, 11) is 1.58. The van der Waals surface area contributed by atoms with Crippen molar-refractivity contribution in [1.82, 2.24) is 20.1 Å². The minimum absolute atomic E-state index is 0.0712. The minimum atomic E-state index is -4.67. The van der Waals surface area contributed by atoms with Crippen LogP contribution in [0.3, 0.4) is 0 Å². The highest BCUT2D eigenvalue weighted by Gasteiger charge is 2.36. The lowest BCUT2D eigenvalue weighted by Crippen LogP contribution is -2.53. The first-order valence-electron chi connectivity index (χ1n) is 17.0. The number of likely N-dealkylation sites (tertiary alicyclic amines) is 1. The number of benzene rings is 2. The van der Waals surface area contributed by atoms with Crippen LogP contribution in [0.15, 0.2) is 41.2 Å². The van der Waals surface area contributed by atoms with Gasteiger partial charge in [-0.3, -0.25) is 24.1 Å². The monoisotopic (exact) mass is 732 g/mol. The number of nitrogens with zero attached hydrogens (tertiary/aromatic N) is 2. The fourth-order valence-corrected chi connectivity index (χ4v) is 6.23. The third-order valence-electron chi connectivity index (χ3n) is 8.89. The SMILES string of the molecule is COC1CN(CCn2c(C(F)(F)F)ccc(C(=O)NCCC(C)C)c2=O)C1.Cc1cc(C)c(-c2cc(C)c(F)c(C(CC(=O)O)NC=O)c2)c(C)c1. The van der Waals surface area contributed by atoms with E-state index in [0.29, 0.717) is 42.1 Å². The van der Waals surface area contributed by atoms with E-state index in [0.717, 1.165) is 46.4 Å². The third-order valence-corrected chi connectivity index (χ3v) is 8.89. The molecular formula is C38H48F4N4O6. The van der Waals surface area contributed by atoms with Gasteiger partial charge in [-0.05, 0) is 92.1 Å². The summed E-state index contributed by atoms with van der Waals surface area (Å²) in [5.41, 5.74) is 3.43. The van der Waals surface area contributed by atoms with Gasteiger partial charge in [0.2, 0.25) is 6.41 Å². The Morgan fingerprint density at radius 3 is 2.19 bits per heavy atom. The van der Waals surface area contributed by atoms with Gasteiger partial charge in [0.1, 0.15) is 17.1 Å². The molecule has 4 rings (SSSR count). The number of halogens is 4. The van der Waals surface area contributed by atoms with Gasteiger partial charge in [-0.1, -0.05) is 31.5 Å². The van der Waals surface area contributed by atoms with Gasteiger partial charge in [-0.2, -0.15) is 13.2 Å². The Hall–Kier alpha value is -4.56. The van der Waals surface area contributed by atoms with E-state index in [4.69, 9.17) is 9.84 Å². The molecule has 0 saturated carbocycles. The number of aryl methyl sites for hydroxylation is 4. The number of ether oxygens (including phenoxy) is 1. The summed E-state index contributed by atoms with van der Waals surface area (Å²) in [6, 6.07) is 8.33. The normalized spacial score (nSPS) is 13.9. The quantitative estimate of drug-likeness (QED) is 0.138. The van der Waals surface area contributed by atoms with E-state index >= 15 is 0 Å². The van der Waals surface area contributed by atoms with Gasteiger partial charge in [0.05, 0.1) is 18.6 Å². The first-order valence-corrected chi connectivity index (χ1v) is 17.0. The first-order chi connectivity index (χ1) is 24.4. The highest BCUT2D eigenvalue weighted by Crippen LogP contribution is 2.34. The molecule has 1 aliphatic heterocycles. The first kappa shape index (κ1) is 41.9. The number of hydrogen-bond donors (Lipinski definition) is 3. The van der Waals surface area contributed by atoms with E-state index in [1.54, 1.807) is 26.2 Å². The van der Waals surface area contributed by atoms with Crippen LogP contribution in [0.1, 0.15) is 76.6 Å². The molecule has 0 radical (unpaired) electrons. The average molecular weight is 733 g/mol. The van der Waals surface area contributed by atoms with Gasteiger partial charge in [0.15, 0.2) is 0 Å². The molecule has 1 atom stereocenters. The molecule has 3 aromatic rings. The Labute approximate surface area is 301 Å². The van der Waals surface area contributed by atoms with E-state index in [1.807, 2.05) is 39.5 Å². The molecule has 10 nitrogen and oxygen atoms in total. The van der Waals surface area contributed by atoms with E-state index in [1.165, 1.54) is 0 Å². The maximum absolute atomic E-state index is 14.6. The highest BCUT2D eigenvalue weighted by molar-refractivity contribution is 5.93. The molecule has 2 aromatic carbocycles. The molecule has 284 valence electrons. The zero-order valence-corrected chi connectivity index (χ0v) is 30.6. The zero-order valence-electron chi connectivity index (χ0n) is 30.6. The number of hydrogen-bond acceptors (Lipinski definition) is 6. The van der Waals surface area contributed by atoms with E-state index < -0.39 is 41.2 Å². The Bertz CT molecular complexity index is 1780. The topological polar surface area (TPSA) is 130 Å². The molecule has 1 aliphatic rings. The lowest BCUT2D eigenvalue weighted by atomic mass is 9.89. The van der Waals surface area contributed by atoms with Crippen LogP contribution in [-0.2, 0) is 27.0 Å². The van der Waals surface area contributed by atoms with Crippen LogP contribution in [0.4, 0.5) is 17.6 Å². The Morgan fingerprint density at radius 1 is 1.02 bits per heavy atom. The van der Waals surface area contributed by atoms with Gasteiger partial charge in [0.25, 0.3) is 11.5 Å². The van der Waals surface area contributed by atoms with E-state index in [9.17, 15) is 36.7 Å². The van der Waals surface area contributed by atoms with Crippen molar-refractivity contribution in [3.8, 4) is 11.1 Å². The standard InChI is InChI=1S/C20H22FNO3.C18H26F3N3O3/c1-11-5-12(2)19(13(3)6-11)15-7-14(4)20(21)16(8-15)17(22-10-23)9-18(24)25;1-12(2)6-7-22-16(25)14-4-5-15(18(19,20)21)24(17(14)26)9-8-23-10-13(11-23)27-3/h5-8,10,17H,9H2,1-4H3,(H,22,23)(H,24,25);4-5,12-13H,6-11H2,1-3H3,(H,22,25). The maximum atomic E-state index is 14.6. The largest absolute Gasteiger partial charge is 0.481 e. The second kappa shape index (κ2) is 18.3. The average Bonchev–Trinajstić information content (AvgIpc) is 3.01. The van der Waals surface area contributed by atoms with Gasteiger partial charge >= 0.3 is 12.1 Å². The van der Waals surface area contributed by atoms with Crippen molar-refractivity contribution in [1.29, 1.82) is 0 Å². The van der Waals surface area contributed by atoms with Crippen LogP contribution in [0.2, 0.25) is 0 Å². The smallest absolute Gasteiger partial charge is 0.431 e. The number of aromatic nitrogens is 1. The second-order valence-corrected chi connectivity index (χ2v) is 13.5. The Balaban J connectivity index is 0.000000281. The van der Waals surface area contributed by atoms with Gasteiger partial charge in [-0.15, -0.1) is 0 Å². The number of rotatable bonds is 14. The molecule has 0 spiro atoms. The van der Waals surface area contributed by atoms with Crippen molar-refractivity contribution in [2.75, 3.05) is 33.3 Å². The summed E-state index contributed by atoms with van der Waals surface area (Å²) in [5, 5.41) is 14.1. The number of carboxylic acid groups (broad SMARTS) is 1. The van der Waals surface area contributed by atoms with Crippen molar-refractivity contribution < 1.29 is 41.8 Å². The summed E-state index contributed by atoms with van der Waals surface area (Å²) in [6.07, 6.45) is -3.87. The van der Waals surface area contributed by atoms with E-state index in [-0.39, 0.29) is 36.7 Å². The van der Waals surface area contributed by atoms with E-state index in [2.05, 4.69) is 22.8 Å². The molecule has 1 fully saturated rings. The van der Waals surface area contributed by atoms with Crippen LogP contribution in [0.25, 0.3) is 11.1 Å². The Kier molecular flexibility index (Phi) is 14.7. The van der Waals surface area contributed by atoms with Crippen molar-refractivity contribution in [3.63, 3.8) is 0 Å². The molecule has 1 unspecified atom stereocenters. The summed E-state index contributed by atoms with van der Waals surface area (Å²) < 4.78 is 60.3. The van der Waals surface area contributed by atoms with Crippen LogP contribution in [-0.4, -0.2) is 72.3 Å². The number of carboxylic acids is 1. The van der Waals surface area contributed by atoms with Crippen molar-refractivity contribution in [2.24, 2.45) is 5.92 Å². The molecule has 1 saturated heterocycles. The molecule has 1 aromatic heterocycles. The van der Waals surface area contributed by atoms with Gasteiger partial charge in [0, 0.05) is 45.4 Å². The number of aliphatic carboxylic acids is 1. The summed E-state index contributed by atoms with van der Waals surface area (Å²) in [4.78, 5) is 48.6. The summed E-state index contributed by atoms with van der Waals surface area (Å²) >= 11 is 0. The predicted molar refractivity (Wildman–Crippen MR) is 190 cm³/mol. The number of pyridine rings is 1. The van der Waals surface area contributed by atoms with Crippen molar-refractivity contribution in [3.05, 3.63) is 91.6 Å². The fraction of sp³-hybridized carbons (Fsp3) is 0.474. The number of methoxy groups -OCH3 is 1. The zero-order chi connectivity index (χ0) is 38.9. The van der Waals surface area contributed by atoms with Crippen molar-refractivity contribution >= 4 is 18.3 Å². The lowest BCUT2D eigenvalue weighted by molar-refractivity contribution is -0.144. The molecule has 52 heavy (non-hydrogen) atoms.